The van der Waals surface area contributed by atoms with Crippen LogP contribution in [-0.4, -0.2) is 23.5 Å². The van der Waals surface area contributed by atoms with Crippen LogP contribution >= 0.6 is 15.9 Å². The maximum Gasteiger partial charge on any atom is 0.251 e. The Bertz CT molecular complexity index is 459. The molecule has 0 aliphatic heterocycles. The number of nitrogens with two attached hydrogens (primary N) is 1. The zero-order chi connectivity index (χ0) is 13.7. The highest BCUT2D eigenvalue weighted by molar-refractivity contribution is 9.10. The number of nitrogens with zero attached hydrogens (tertiary/aromatic N) is 1. The number of benzene rings is 1. The fraction of sp³-hybridized carbons (Fsp3) is 0.273. The van der Waals surface area contributed by atoms with E-state index in [4.69, 9.17) is 10.9 Å². The van der Waals surface area contributed by atoms with E-state index in [9.17, 15) is 9.18 Å². The standard InChI is InChI=1S/C11H13BrFN3O2/c1-6(10(14)16-18)5-15-11(17)7-2-8(12)4-9(13)3-7/h2-4,6,18H,5H2,1H3,(H2,14,16)(H,15,17). The minimum atomic E-state index is -0.501. The van der Waals surface area contributed by atoms with Crippen LogP contribution in [-0.2, 0) is 0 Å². The molecule has 0 heterocycles. The molecule has 1 amide bonds. The van der Waals surface area contributed by atoms with Gasteiger partial charge >= 0.3 is 0 Å². The van der Waals surface area contributed by atoms with Crippen molar-refractivity contribution in [3.63, 3.8) is 0 Å². The summed E-state index contributed by atoms with van der Waals surface area (Å²) in [6.07, 6.45) is 0. The monoisotopic (exact) mass is 317 g/mol. The normalized spacial score (nSPS) is 13.2. The van der Waals surface area contributed by atoms with Gasteiger partial charge in [0.1, 0.15) is 11.7 Å². The third-order valence-electron chi connectivity index (χ3n) is 2.31. The van der Waals surface area contributed by atoms with E-state index in [-0.39, 0.29) is 23.9 Å². The molecular formula is C11H13BrFN3O2. The lowest BCUT2D eigenvalue weighted by atomic mass is 10.1. The highest BCUT2D eigenvalue weighted by atomic mass is 79.9. The van der Waals surface area contributed by atoms with E-state index in [1.807, 2.05) is 0 Å². The molecular weight excluding hydrogens is 305 g/mol. The zero-order valence-electron chi connectivity index (χ0n) is 9.65. The molecule has 18 heavy (non-hydrogen) atoms. The van der Waals surface area contributed by atoms with Crippen molar-refractivity contribution in [2.24, 2.45) is 16.8 Å². The number of halogens is 2. The summed E-state index contributed by atoms with van der Waals surface area (Å²) in [5.74, 6) is -1.21. The Kier molecular flexibility index (Phi) is 5.08. The van der Waals surface area contributed by atoms with Gasteiger partial charge in [-0.25, -0.2) is 4.39 Å². The van der Waals surface area contributed by atoms with E-state index in [0.717, 1.165) is 6.07 Å². The Labute approximate surface area is 112 Å². The SMILES string of the molecule is CC(CNC(=O)c1cc(F)cc(Br)c1)C(N)=NO. The number of hydrogen-bond acceptors (Lipinski definition) is 3. The Hall–Kier alpha value is -1.63. The van der Waals surface area contributed by atoms with Crippen molar-refractivity contribution in [2.75, 3.05) is 6.54 Å². The summed E-state index contributed by atoms with van der Waals surface area (Å²) < 4.78 is 13.6. The largest absolute Gasteiger partial charge is 0.409 e. The Morgan fingerprint density at radius 2 is 2.28 bits per heavy atom. The minimum Gasteiger partial charge on any atom is -0.409 e. The first kappa shape index (κ1) is 14.4. The molecule has 4 N–H and O–H groups in total. The van der Waals surface area contributed by atoms with Gasteiger partial charge in [-0.05, 0) is 18.2 Å². The van der Waals surface area contributed by atoms with Crippen molar-refractivity contribution in [1.29, 1.82) is 0 Å². The summed E-state index contributed by atoms with van der Waals surface area (Å²) in [6.45, 7) is 1.89. The lowest BCUT2D eigenvalue weighted by Crippen LogP contribution is -2.34. The van der Waals surface area contributed by atoms with Crippen molar-refractivity contribution < 1.29 is 14.4 Å². The number of amides is 1. The average molecular weight is 318 g/mol. The highest BCUT2D eigenvalue weighted by Crippen LogP contribution is 2.14. The van der Waals surface area contributed by atoms with E-state index < -0.39 is 11.7 Å². The quantitative estimate of drug-likeness (QED) is 0.342. The van der Waals surface area contributed by atoms with Gasteiger partial charge in [0.05, 0.1) is 0 Å². The van der Waals surface area contributed by atoms with Gasteiger partial charge in [0.25, 0.3) is 5.91 Å². The van der Waals surface area contributed by atoms with Crippen LogP contribution < -0.4 is 11.1 Å². The molecule has 0 radical (unpaired) electrons. The van der Waals surface area contributed by atoms with Gasteiger partial charge in [-0.2, -0.15) is 0 Å². The first-order valence-corrected chi connectivity index (χ1v) is 5.95. The Morgan fingerprint density at radius 1 is 1.61 bits per heavy atom. The third kappa shape index (κ3) is 3.99. The number of carbonyl (C=O) groups is 1. The molecule has 0 saturated heterocycles. The van der Waals surface area contributed by atoms with Gasteiger partial charge in [-0.15, -0.1) is 0 Å². The van der Waals surface area contributed by atoms with Crippen molar-refractivity contribution in [1.82, 2.24) is 5.32 Å². The molecule has 0 saturated carbocycles. The summed E-state index contributed by atoms with van der Waals surface area (Å²) in [5, 5.41) is 13.9. The Balaban J connectivity index is 2.66. The molecule has 0 spiro atoms. The first-order chi connectivity index (χ1) is 8.43. The van der Waals surface area contributed by atoms with E-state index >= 15 is 0 Å². The van der Waals surface area contributed by atoms with Gasteiger partial charge in [0, 0.05) is 22.5 Å². The van der Waals surface area contributed by atoms with Crippen LogP contribution in [0, 0.1) is 11.7 Å². The second-order valence-corrected chi connectivity index (χ2v) is 4.71. The highest BCUT2D eigenvalue weighted by Gasteiger charge is 2.12. The second kappa shape index (κ2) is 6.34. The molecule has 0 fully saturated rings. The lowest BCUT2D eigenvalue weighted by molar-refractivity contribution is 0.0950. The molecule has 0 aliphatic carbocycles. The maximum atomic E-state index is 13.1. The molecule has 7 heteroatoms. The molecule has 1 unspecified atom stereocenters. The smallest absolute Gasteiger partial charge is 0.251 e. The topological polar surface area (TPSA) is 87.7 Å². The van der Waals surface area contributed by atoms with Crippen LogP contribution in [0.5, 0.6) is 0 Å². The molecule has 1 aromatic carbocycles. The van der Waals surface area contributed by atoms with Crippen LogP contribution in [0.3, 0.4) is 0 Å². The van der Waals surface area contributed by atoms with Crippen molar-refractivity contribution >= 4 is 27.7 Å². The number of rotatable bonds is 4. The molecule has 5 nitrogen and oxygen atoms in total. The first-order valence-electron chi connectivity index (χ1n) is 5.15. The van der Waals surface area contributed by atoms with Crippen LogP contribution in [0.1, 0.15) is 17.3 Å². The average Bonchev–Trinajstić information content (AvgIpc) is 2.33. The van der Waals surface area contributed by atoms with Gasteiger partial charge < -0.3 is 16.3 Å². The van der Waals surface area contributed by atoms with E-state index in [1.165, 1.54) is 12.1 Å². The van der Waals surface area contributed by atoms with Crippen molar-refractivity contribution in [3.8, 4) is 0 Å². The van der Waals surface area contributed by atoms with Gasteiger partial charge in [-0.3, -0.25) is 4.79 Å². The molecule has 0 aromatic heterocycles. The van der Waals surface area contributed by atoms with Crippen molar-refractivity contribution in [2.45, 2.75) is 6.92 Å². The number of nitrogens with one attached hydrogen (secondary N) is 1. The molecule has 0 aliphatic rings. The molecule has 98 valence electrons. The fourth-order valence-corrected chi connectivity index (χ4v) is 1.70. The number of amidine groups is 1. The van der Waals surface area contributed by atoms with Crippen LogP contribution in [0.4, 0.5) is 4.39 Å². The molecule has 0 bridgehead atoms. The van der Waals surface area contributed by atoms with E-state index in [2.05, 4.69) is 26.4 Å². The van der Waals surface area contributed by atoms with Gasteiger partial charge in [0.15, 0.2) is 0 Å². The summed E-state index contributed by atoms with van der Waals surface area (Å²) in [5.41, 5.74) is 5.57. The summed E-state index contributed by atoms with van der Waals surface area (Å²) >= 11 is 3.10. The zero-order valence-corrected chi connectivity index (χ0v) is 11.2. The predicted molar refractivity (Wildman–Crippen MR) is 69.0 cm³/mol. The number of carbonyl (C=O) groups excluding carboxylic acids is 1. The minimum absolute atomic E-state index is 0.0238. The third-order valence-corrected chi connectivity index (χ3v) is 2.77. The lowest BCUT2D eigenvalue weighted by Gasteiger charge is -2.11. The summed E-state index contributed by atoms with van der Waals surface area (Å²) in [7, 11) is 0. The van der Waals surface area contributed by atoms with Gasteiger partial charge in [-0.1, -0.05) is 28.0 Å². The Morgan fingerprint density at radius 3 is 2.83 bits per heavy atom. The molecule has 1 atom stereocenters. The maximum absolute atomic E-state index is 13.1. The van der Waals surface area contributed by atoms with Gasteiger partial charge in [0.2, 0.25) is 0 Å². The second-order valence-electron chi connectivity index (χ2n) is 3.79. The number of hydrogen-bond donors (Lipinski definition) is 3. The fourth-order valence-electron chi connectivity index (χ4n) is 1.24. The summed E-state index contributed by atoms with van der Waals surface area (Å²) in [4.78, 5) is 11.7. The van der Waals surface area contributed by atoms with E-state index in [0.29, 0.717) is 4.47 Å². The predicted octanol–water partition coefficient (Wildman–Crippen LogP) is 1.70. The number of oxime groups is 1. The van der Waals surface area contributed by atoms with Crippen LogP contribution in [0.2, 0.25) is 0 Å². The summed E-state index contributed by atoms with van der Waals surface area (Å²) in [6, 6.07) is 3.90. The molecule has 1 rings (SSSR count). The van der Waals surface area contributed by atoms with E-state index in [1.54, 1.807) is 6.92 Å². The molecule has 1 aromatic rings. The van der Waals surface area contributed by atoms with Crippen LogP contribution in [0.15, 0.2) is 27.8 Å². The van der Waals surface area contributed by atoms with Crippen molar-refractivity contribution in [3.05, 3.63) is 34.1 Å². The van der Waals surface area contributed by atoms with Crippen LogP contribution in [0.25, 0.3) is 0 Å².